The molecule has 1 aliphatic rings. The van der Waals surface area contributed by atoms with Crippen molar-refractivity contribution < 1.29 is 4.79 Å². The van der Waals surface area contributed by atoms with Crippen molar-refractivity contribution >= 4 is 5.78 Å². The third-order valence-electron chi connectivity index (χ3n) is 2.66. The summed E-state index contributed by atoms with van der Waals surface area (Å²) in [6.07, 6.45) is 4.02. The highest BCUT2D eigenvalue weighted by Crippen LogP contribution is 2.26. The maximum Gasteiger partial charge on any atom is 0.147 e. The first kappa shape index (κ1) is 17.8. The van der Waals surface area contributed by atoms with Crippen molar-refractivity contribution in [2.24, 2.45) is 5.92 Å². The Bertz CT molecular complexity index is 189. The molecular formula is C14H29NO. The molecule has 0 spiro atoms. The number of ketones is 1. The summed E-state index contributed by atoms with van der Waals surface area (Å²) in [4.78, 5) is 13.4. The molecule has 1 fully saturated rings. The smallest absolute Gasteiger partial charge is 0.147 e. The SMILES string of the molecule is C=CCC1CCN(C)C1C(C)=O.CC.CC. The van der Waals surface area contributed by atoms with Gasteiger partial charge in [-0.15, -0.1) is 6.58 Å². The van der Waals surface area contributed by atoms with E-state index in [-0.39, 0.29) is 6.04 Å². The van der Waals surface area contributed by atoms with Gasteiger partial charge in [0, 0.05) is 0 Å². The van der Waals surface area contributed by atoms with Gasteiger partial charge in [-0.2, -0.15) is 0 Å². The normalized spacial score (nSPS) is 23.6. The number of rotatable bonds is 3. The maximum absolute atomic E-state index is 11.3. The van der Waals surface area contributed by atoms with Gasteiger partial charge in [0.15, 0.2) is 0 Å². The third-order valence-corrected chi connectivity index (χ3v) is 2.66. The highest BCUT2D eigenvalue weighted by molar-refractivity contribution is 5.82. The first-order valence-electron chi connectivity index (χ1n) is 6.48. The van der Waals surface area contributed by atoms with Crippen molar-refractivity contribution in [3.8, 4) is 0 Å². The molecule has 0 saturated carbocycles. The summed E-state index contributed by atoms with van der Waals surface area (Å²) in [5.74, 6) is 0.798. The zero-order chi connectivity index (χ0) is 13.1. The van der Waals surface area contributed by atoms with Crippen LogP contribution in [-0.2, 0) is 4.79 Å². The fourth-order valence-corrected chi connectivity index (χ4v) is 2.13. The number of carbonyl (C=O) groups is 1. The Morgan fingerprint density at radius 2 is 1.88 bits per heavy atom. The van der Waals surface area contributed by atoms with Crippen LogP contribution in [0.4, 0.5) is 0 Å². The van der Waals surface area contributed by atoms with Gasteiger partial charge in [-0.05, 0) is 39.3 Å². The molecular weight excluding hydrogens is 198 g/mol. The molecule has 0 radical (unpaired) electrons. The second kappa shape index (κ2) is 10.9. The topological polar surface area (TPSA) is 20.3 Å². The van der Waals surface area contributed by atoms with E-state index in [2.05, 4.69) is 11.5 Å². The molecule has 0 N–H and O–H groups in total. The molecule has 0 bridgehead atoms. The number of allylic oxidation sites excluding steroid dienone is 1. The molecule has 0 aliphatic carbocycles. The Morgan fingerprint density at radius 3 is 2.25 bits per heavy atom. The van der Waals surface area contributed by atoms with Gasteiger partial charge < -0.3 is 0 Å². The van der Waals surface area contributed by atoms with Crippen LogP contribution in [0.25, 0.3) is 0 Å². The number of hydrogen-bond acceptors (Lipinski definition) is 2. The quantitative estimate of drug-likeness (QED) is 0.688. The second-order valence-electron chi connectivity index (χ2n) is 3.61. The Morgan fingerprint density at radius 1 is 1.38 bits per heavy atom. The molecule has 0 aromatic rings. The van der Waals surface area contributed by atoms with Crippen LogP contribution in [0.15, 0.2) is 12.7 Å². The minimum atomic E-state index is 0.142. The van der Waals surface area contributed by atoms with E-state index >= 15 is 0 Å². The van der Waals surface area contributed by atoms with Crippen LogP contribution in [0.2, 0.25) is 0 Å². The number of nitrogens with zero attached hydrogens (tertiary/aromatic N) is 1. The van der Waals surface area contributed by atoms with Crippen LogP contribution in [-0.4, -0.2) is 30.3 Å². The second-order valence-corrected chi connectivity index (χ2v) is 3.61. The van der Waals surface area contributed by atoms with Crippen molar-refractivity contribution in [3.05, 3.63) is 12.7 Å². The zero-order valence-electron chi connectivity index (χ0n) is 11.9. The predicted octanol–water partition coefficient (Wildman–Crippen LogP) is 3.52. The lowest BCUT2D eigenvalue weighted by Gasteiger charge is -2.21. The lowest BCUT2D eigenvalue weighted by Crippen LogP contribution is -2.35. The first-order valence-corrected chi connectivity index (χ1v) is 6.48. The number of likely N-dealkylation sites (N-methyl/N-ethyl adjacent to an activating group) is 1. The van der Waals surface area contributed by atoms with Crippen molar-refractivity contribution in [2.75, 3.05) is 13.6 Å². The molecule has 1 saturated heterocycles. The van der Waals surface area contributed by atoms with Gasteiger partial charge in [0.05, 0.1) is 6.04 Å². The lowest BCUT2D eigenvalue weighted by molar-refractivity contribution is -0.121. The van der Waals surface area contributed by atoms with Crippen LogP contribution < -0.4 is 0 Å². The van der Waals surface area contributed by atoms with Crippen LogP contribution >= 0.6 is 0 Å². The van der Waals surface area contributed by atoms with E-state index in [9.17, 15) is 4.79 Å². The fourth-order valence-electron chi connectivity index (χ4n) is 2.13. The van der Waals surface area contributed by atoms with Crippen LogP contribution in [0, 0.1) is 5.92 Å². The summed E-state index contributed by atoms with van der Waals surface area (Å²) in [5, 5.41) is 0. The highest BCUT2D eigenvalue weighted by atomic mass is 16.1. The van der Waals surface area contributed by atoms with Gasteiger partial charge in [0.1, 0.15) is 5.78 Å². The zero-order valence-corrected chi connectivity index (χ0v) is 11.9. The van der Waals surface area contributed by atoms with Gasteiger partial charge in [0.25, 0.3) is 0 Å². The molecule has 0 aromatic heterocycles. The monoisotopic (exact) mass is 227 g/mol. The largest absolute Gasteiger partial charge is 0.298 e. The number of carbonyl (C=O) groups excluding carboxylic acids is 1. The molecule has 2 nitrogen and oxygen atoms in total. The number of likely N-dealkylation sites (tertiary alicyclic amines) is 1. The molecule has 96 valence electrons. The average Bonchev–Trinajstić information content (AvgIpc) is 2.66. The molecule has 1 heterocycles. The minimum Gasteiger partial charge on any atom is -0.298 e. The van der Waals surface area contributed by atoms with Gasteiger partial charge in [0.2, 0.25) is 0 Å². The molecule has 2 heteroatoms. The minimum absolute atomic E-state index is 0.142. The van der Waals surface area contributed by atoms with Crippen molar-refractivity contribution in [3.63, 3.8) is 0 Å². The van der Waals surface area contributed by atoms with Gasteiger partial charge in [-0.25, -0.2) is 0 Å². The number of Topliss-reactive ketones (excluding diaryl/α,β-unsaturated/α-hetero) is 1. The molecule has 2 unspecified atom stereocenters. The van der Waals surface area contributed by atoms with Crippen LogP contribution in [0.5, 0.6) is 0 Å². The summed E-state index contributed by atoms with van der Waals surface area (Å²) < 4.78 is 0. The summed E-state index contributed by atoms with van der Waals surface area (Å²) in [5.41, 5.74) is 0. The van der Waals surface area contributed by atoms with Crippen molar-refractivity contribution in [1.82, 2.24) is 4.90 Å². The molecule has 1 aliphatic heterocycles. The summed E-state index contributed by atoms with van der Waals surface area (Å²) in [7, 11) is 2.02. The summed E-state index contributed by atoms with van der Waals surface area (Å²) in [6.45, 7) is 14.4. The Hall–Kier alpha value is -0.630. The Kier molecular flexibility index (Phi) is 12.1. The van der Waals surface area contributed by atoms with E-state index in [1.54, 1.807) is 6.92 Å². The fraction of sp³-hybridized carbons (Fsp3) is 0.786. The molecule has 2 atom stereocenters. The van der Waals surface area contributed by atoms with E-state index in [0.29, 0.717) is 11.7 Å². The Balaban J connectivity index is 0. The standard InChI is InChI=1S/C10H17NO.2C2H6/c1-4-5-9-6-7-11(3)10(9)8(2)12;2*1-2/h4,9-10H,1,5-7H2,2-3H3;2*1-2H3. The van der Waals surface area contributed by atoms with E-state index in [4.69, 9.17) is 0 Å². The first-order chi connectivity index (χ1) is 7.66. The van der Waals surface area contributed by atoms with Gasteiger partial charge in [-0.3, -0.25) is 9.69 Å². The molecule has 1 rings (SSSR count). The van der Waals surface area contributed by atoms with Gasteiger partial charge in [-0.1, -0.05) is 33.8 Å². The van der Waals surface area contributed by atoms with E-state index in [0.717, 1.165) is 19.4 Å². The summed E-state index contributed by atoms with van der Waals surface area (Å²) >= 11 is 0. The van der Waals surface area contributed by atoms with Gasteiger partial charge >= 0.3 is 0 Å². The average molecular weight is 227 g/mol. The van der Waals surface area contributed by atoms with Crippen LogP contribution in [0.3, 0.4) is 0 Å². The Labute approximate surface area is 102 Å². The van der Waals surface area contributed by atoms with Crippen LogP contribution in [0.1, 0.15) is 47.5 Å². The molecule has 16 heavy (non-hydrogen) atoms. The molecule has 0 aromatic carbocycles. The summed E-state index contributed by atoms with van der Waals surface area (Å²) in [6, 6.07) is 0.142. The highest BCUT2D eigenvalue weighted by Gasteiger charge is 2.33. The van der Waals surface area contributed by atoms with Crippen molar-refractivity contribution in [2.45, 2.75) is 53.5 Å². The maximum atomic E-state index is 11.3. The molecule has 0 amide bonds. The van der Waals surface area contributed by atoms with E-state index in [1.807, 2.05) is 40.8 Å². The lowest BCUT2D eigenvalue weighted by atomic mass is 9.94. The predicted molar refractivity (Wildman–Crippen MR) is 72.7 cm³/mol. The van der Waals surface area contributed by atoms with Crippen molar-refractivity contribution in [1.29, 1.82) is 0 Å². The van der Waals surface area contributed by atoms with E-state index in [1.165, 1.54) is 0 Å². The number of hydrogen-bond donors (Lipinski definition) is 0. The third kappa shape index (κ3) is 5.45. The van der Waals surface area contributed by atoms with E-state index < -0.39 is 0 Å².